The van der Waals surface area contributed by atoms with Gasteiger partial charge >= 0.3 is 0 Å². The number of aliphatic imine (C=N–C) groups is 1. The highest BCUT2D eigenvalue weighted by molar-refractivity contribution is 5.77. The van der Waals surface area contributed by atoms with E-state index in [-0.39, 0.29) is 5.54 Å². The Morgan fingerprint density at radius 2 is 2.04 bits per heavy atom. The van der Waals surface area contributed by atoms with Crippen LogP contribution in [0.1, 0.15) is 39.2 Å². The van der Waals surface area contributed by atoms with E-state index >= 15 is 0 Å². The van der Waals surface area contributed by atoms with Crippen LogP contribution < -0.4 is 20.5 Å². The number of hydrogen-bond donors (Lipinski definition) is 2. The number of rotatable bonds is 8. The smallest absolute Gasteiger partial charge is 0.188 e. The largest absolute Gasteiger partial charge is 0.493 e. The van der Waals surface area contributed by atoms with Gasteiger partial charge in [-0.1, -0.05) is 13.0 Å². The molecule has 152 valence electrons. The van der Waals surface area contributed by atoms with Crippen LogP contribution in [-0.4, -0.2) is 56.8 Å². The molecule has 0 amide bonds. The van der Waals surface area contributed by atoms with Crippen LogP contribution in [0.25, 0.3) is 0 Å². The van der Waals surface area contributed by atoms with Gasteiger partial charge in [0, 0.05) is 18.6 Å². The van der Waals surface area contributed by atoms with Gasteiger partial charge < -0.3 is 20.5 Å². The summed E-state index contributed by atoms with van der Waals surface area (Å²) in [5.41, 5.74) is 7.27. The second kappa shape index (κ2) is 9.83. The van der Waals surface area contributed by atoms with Gasteiger partial charge in [-0.2, -0.15) is 0 Å². The van der Waals surface area contributed by atoms with Crippen LogP contribution in [-0.2, 0) is 6.42 Å². The predicted octanol–water partition coefficient (Wildman–Crippen LogP) is 2.66. The van der Waals surface area contributed by atoms with E-state index in [1.165, 1.54) is 12.8 Å². The molecule has 3 N–H and O–H groups in total. The maximum absolute atomic E-state index is 6.08. The first kappa shape index (κ1) is 21.4. The molecule has 0 aromatic heterocycles. The molecule has 0 aliphatic carbocycles. The minimum Gasteiger partial charge on any atom is -0.493 e. The molecule has 0 radical (unpaired) electrons. The predicted molar refractivity (Wildman–Crippen MR) is 112 cm³/mol. The fourth-order valence-electron chi connectivity index (χ4n) is 3.54. The molecular weight excluding hydrogens is 340 g/mol. The van der Waals surface area contributed by atoms with E-state index < -0.39 is 0 Å². The number of ether oxygens (including phenoxy) is 2. The Labute approximate surface area is 164 Å². The van der Waals surface area contributed by atoms with Gasteiger partial charge in [-0.05, 0) is 63.3 Å². The number of methoxy groups -OCH3 is 2. The molecule has 1 atom stereocenters. The number of nitrogens with two attached hydrogens (primary N) is 1. The molecular formula is C21H36N4O2. The van der Waals surface area contributed by atoms with E-state index in [1.807, 2.05) is 18.2 Å². The molecule has 6 heteroatoms. The normalized spacial score (nSPS) is 19.0. The van der Waals surface area contributed by atoms with Crippen LogP contribution in [0.3, 0.4) is 0 Å². The summed E-state index contributed by atoms with van der Waals surface area (Å²) in [7, 11) is 3.29. The first-order chi connectivity index (χ1) is 12.9. The average Bonchev–Trinajstić information content (AvgIpc) is 2.66. The summed E-state index contributed by atoms with van der Waals surface area (Å²) in [4.78, 5) is 7.13. The number of nitrogens with one attached hydrogen (secondary N) is 1. The SMILES string of the molecule is COc1ccc(CCNC(N)=NCC(C)(C)N2CCCC(C)C2)cc1OC. The van der Waals surface area contributed by atoms with Gasteiger partial charge in [0.25, 0.3) is 0 Å². The molecule has 1 aliphatic rings. The zero-order valence-corrected chi connectivity index (χ0v) is 17.5. The van der Waals surface area contributed by atoms with Crippen LogP contribution >= 0.6 is 0 Å². The minimum absolute atomic E-state index is 0.0321. The van der Waals surface area contributed by atoms with E-state index in [4.69, 9.17) is 15.2 Å². The minimum atomic E-state index is 0.0321. The zero-order chi connectivity index (χ0) is 19.9. The first-order valence-corrected chi connectivity index (χ1v) is 9.85. The second-order valence-corrected chi connectivity index (χ2v) is 8.07. The molecule has 6 nitrogen and oxygen atoms in total. The average molecular weight is 377 g/mol. The van der Waals surface area contributed by atoms with E-state index in [0.717, 1.165) is 49.0 Å². The molecule has 1 aromatic carbocycles. The van der Waals surface area contributed by atoms with Crippen molar-refractivity contribution >= 4 is 5.96 Å². The summed E-state index contributed by atoms with van der Waals surface area (Å²) in [6, 6.07) is 5.96. The van der Waals surface area contributed by atoms with Gasteiger partial charge in [-0.25, -0.2) is 0 Å². The van der Waals surface area contributed by atoms with Gasteiger partial charge in [-0.15, -0.1) is 0 Å². The van der Waals surface area contributed by atoms with E-state index in [2.05, 4.69) is 36.0 Å². The Morgan fingerprint density at radius 1 is 1.30 bits per heavy atom. The molecule has 1 heterocycles. The van der Waals surface area contributed by atoms with Gasteiger partial charge in [0.05, 0.1) is 20.8 Å². The number of piperidine rings is 1. The van der Waals surface area contributed by atoms with Crippen molar-refractivity contribution < 1.29 is 9.47 Å². The fraction of sp³-hybridized carbons (Fsp3) is 0.667. The molecule has 2 rings (SSSR count). The third-order valence-corrected chi connectivity index (χ3v) is 5.32. The molecule has 1 fully saturated rings. The Bertz CT molecular complexity index is 631. The summed E-state index contributed by atoms with van der Waals surface area (Å²) in [6.45, 7) is 10.6. The first-order valence-electron chi connectivity index (χ1n) is 9.85. The zero-order valence-electron chi connectivity index (χ0n) is 17.5. The Morgan fingerprint density at radius 3 is 2.70 bits per heavy atom. The van der Waals surface area contributed by atoms with Gasteiger partial charge in [0.1, 0.15) is 0 Å². The molecule has 27 heavy (non-hydrogen) atoms. The van der Waals surface area contributed by atoms with Gasteiger partial charge in [-0.3, -0.25) is 9.89 Å². The van der Waals surface area contributed by atoms with E-state index in [0.29, 0.717) is 12.5 Å². The number of benzene rings is 1. The molecule has 1 aliphatic heterocycles. The highest BCUT2D eigenvalue weighted by Crippen LogP contribution is 2.27. The van der Waals surface area contributed by atoms with Crippen LogP contribution in [0.5, 0.6) is 11.5 Å². The van der Waals surface area contributed by atoms with Crippen molar-refractivity contribution in [2.75, 3.05) is 40.4 Å². The van der Waals surface area contributed by atoms with Crippen molar-refractivity contribution in [3.63, 3.8) is 0 Å². The van der Waals surface area contributed by atoms with Crippen LogP contribution in [0.4, 0.5) is 0 Å². The van der Waals surface area contributed by atoms with Gasteiger partial charge in [0.2, 0.25) is 0 Å². The highest BCUT2D eigenvalue weighted by atomic mass is 16.5. The van der Waals surface area contributed by atoms with Crippen molar-refractivity contribution in [3.8, 4) is 11.5 Å². The lowest BCUT2D eigenvalue weighted by Crippen LogP contribution is -2.51. The fourth-order valence-corrected chi connectivity index (χ4v) is 3.54. The summed E-state index contributed by atoms with van der Waals surface area (Å²) in [6.07, 6.45) is 3.44. The Kier molecular flexibility index (Phi) is 7.78. The van der Waals surface area contributed by atoms with Crippen molar-refractivity contribution in [2.24, 2.45) is 16.6 Å². The van der Waals surface area contributed by atoms with Crippen LogP contribution in [0.2, 0.25) is 0 Å². The van der Waals surface area contributed by atoms with E-state index in [1.54, 1.807) is 14.2 Å². The monoisotopic (exact) mass is 376 g/mol. The summed E-state index contributed by atoms with van der Waals surface area (Å²) < 4.78 is 10.6. The van der Waals surface area contributed by atoms with Crippen LogP contribution in [0.15, 0.2) is 23.2 Å². The van der Waals surface area contributed by atoms with Crippen molar-refractivity contribution in [2.45, 2.75) is 45.6 Å². The molecule has 0 bridgehead atoms. The molecule has 0 spiro atoms. The van der Waals surface area contributed by atoms with Crippen molar-refractivity contribution in [1.29, 1.82) is 0 Å². The standard InChI is InChI=1S/C21H36N4O2/c1-16-7-6-12-25(14-16)21(2,3)15-24-20(22)23-11-10-17-8-9-18(26-4)19(13-17)27-5/h8-9,13,16H,6-7,10-12,14-15H2,1-5H3,(H3,22,23,24). The van der Waals surface area contributed by atoms with Crippen LogP contribution in [0, 0.1) is 5.92 Å². The Balaban J connectivity index is 1.82. The lowest BCUT2D eigenvalue weighted by molar-refractivity contribution is 0.0775. The van der Waals surface area contributed by atoms with Crippen molar-refractivity contribution in [3.05, 3.63) is 23.8 Å². The maximum atomic E-state index is 6.08. The summed E-state index contributed by atoms with van der Waals surface area (Å²) in [5, 5.41) is 3.22. The molecule has 0 saturated carbocycles. The second-order valence-electron chi connectivity index (χ2n) is 8.07. The highest BCUT2D eigenvalue weighted by Gasteiger charge is 2.29. The topological polar surface area (TPSA) is 72.1 Å². The van der Waals surface area contributed by atoms with Gasteiger partial charge in [0.15, 0.2) is 17.5 Å². The maximum Gasteiger partial charge on any atom is 0.188 e. The third-order valence-electron chi connectivity index (χ3n) is 5.32. The molecule has 1 unspecified atom stereocenters. The lowest BCUT2D eigenvalue weighted by atomic mass is 9.94. The number of likely N-dealkylation sites (tertiary alicyclic amines) is 1. The molecule has 1 aromatic rings. The lowest BCUT2D eigenvalue weighted by Gasteiger charge is -2.42. The Hall–Kier alpha value is -1.95. The quantitative estimate of drug-likeness (QED) is 0.539. The number of hydrogen-bond acceptors (Lipinski definition) is 4. The third kappa shape index (κ3) is 6.31. The van der Waals surface area contributed by atoms with Crippen molar-refractivity contribution in [1.82, 2.24) is 10.2 Å². The number of nitrogens with zero attached hydrogens (tertiary/aromatic N) is 2. The molecule has 1 saturated heterocycles. The van der Waals surface area contributed by atoms with E-state index in [9.17, 15) is 0 Å². The summed E-state index contributed by atoms with van der Waals surface area (Å²) in [5.74, 6) is 2.76. The summed E-state index contributed by atoms with van der Waals surface area (Å²) >= 11 is 0. The number of guanidine groups is 1.